The van der Waals surface area contributed by atoms with E-state index in [9.17, 15) is 18.0 Å². The molecule has 0 N–H and O–H groups in total. The van der Waals surface area contributed by atoms with Crippen molar-refractivity contribution in [3.05, 3.63) is 77.4 Å². The highest BCUT2D eigenvalue weighted by Gasteiger charge is 2.31. The van der Waals surface area contributed by atoms with Gasteiger partial charge in [-0.05, 0) is 48.0 Å². The summed E-state index contributed by atoms with van der Waals surface area (Å²) in [5.74, 6) is 0.747. The number of aromatic nitrogens is 2. The lowest BCUT2D eigenvalue weighted by Crippen LogP contribution is -2.17. The van der Waals surface area contributed by atoms with Crippen LogP contribution in [0.1, 0.15) is 27.6 Å². The zero-order valence-corrected chi connectivity index (χ0v) is 15.1. The molecule has 3 aromatic rings. The smallest absolute Gasteiger partial charge is 0.485 e. The van der Waals surface area contributed by atoms with Crippen LogP contribution in [-0.2, 0) is 6.61 Å². The van der Waals surface area contributed by atoms with E-state index in [-0.39, 0.29) is 23.7 Å². The Morgan fingerprint density at radius 1 is 1.07 bits per heavy atom. The van der Waals surface area contributed by atoms with Crippen molar-refractivity contribution < 1.29 is 32.0 Å². The molecule has 2 aromatic carbocycles. The molecule has 6 nitrogen and oxygen atoms in total. The van der Waals surface area contributed by atoms with Crippen LogP contribution in [0.4, 0.5) is 13.2 Å². The van der Waals surface area contributed by atoms with E-state index in [2.05, 4.69) is 14.9 Å². The summed E-state index contributed by atoms with van der Waals surface area (Å²) in [6.07, 6.45) is -1.85. The number of allylic oxidation sites excluding steroid dienone is 1. The summed E-state index contributed by atoms with van der Waals surface area (Å²) in [6.45, 7) is 1.85. The molecule has 0 atom stereocenters. The molecule has 29 heavy (non-hydrogen) atoms. The number of carbonyl (C=O) groups is 1. The van der Waals surface area contributed by atoms with E-state index in [1.165, 1.54) is 18.2 Å². The van der Waals surface area contributed by atoms with Gasteiger partial charge in [0.15, 0.2) is 12.4 Å². The summed E-state index contributed by atoms with van der Waals surface area (Å²) in [5.41, 5.74) is 0.990. The number of rotatable bonds is 7. The fourth-order valence-corrected chi connectivity index (χ4v) is 2.31. The van der Waals surface area contributed by atoms with Gasteiger partial charge in [-0.15, -0.1) is 13.2 Å². The zero-order valence-electron chi connectivity index (χ0n) is 15.1. The molecule has 0 aliphatic heterocycles. The third-order valence-corrected chi connectivity index (χ3v) is 3.62. The quantitative estimate of drug-likeness (QED) is 0.418. The maximum Gasteiger partial charge on any atom is 0.573 e. The maximum atomic E-state index is 12.2. The highest BCUT2D eigenvalue weighted by molar-refractivity contribution is 6.06. The van der Waals surface area contributed by atoms with Crippen LogP contribution in [0.3, 0.4) is 0 Å². The number of alkyl halides is 3. The van der Waals surface area contributed by atoms with Gasteiger partial charge in [0.1, 0.15) is 11.5 Å². The molecule has 0 spiro atoms. The van der Waals surface area contributed by atoms with Crippen LogP contribution < -0.4 is 9.47 Å². The van der Waals surface area contributed by atoms with Gasteiger partial charge in [0.05, 0.1) is 0 Å². The number of ether oxygens (including phenoxy) is 2. The van der Waals surface area contributed by atoms with Gasteiger partial charge in [-0.1, -0.05) is 23.4 Å². The first kappa shape index (κ1) is 20.1. The van der Waals surface area contributed by atoms with E-state index in [1.807, 2.05) is 0 Å². The number of carbonyl (C=O) groups excluding carboxylic acids is 1. The van der Waals surface area contributed by atoms with E-state index in [0.717, 1.165) is 17.7 Å². The Balaban J connectivity index is 1.55. The first-order valence-corrected chi connectivity index (χ1v) is 8.39. The third kappa shape index (κ3) is 6.20. The number of halogens is 3. The highest BCUT2D eigenvalue weighted by Crippen LogP contribution is 2.23. The van der Waals surface area contributed by atoms with Gasteiger partial charge in [0, 0.05) is 12.5 Å². The lowest BCUT2D eigenvalue weighted by atomic mass is 10.1. The van der Waals surface area contributed by atoms with Crippen molar-refractivity contribution >= 4 is 11.9 Å². The fraction of sp³-hybridized carbons (Fsp3) is 0.150. The Labute approximate surface area is 163 Å². The average Bonchev–Trinajstić information content (AvgIpc) is 3.10. The number of benzene rings is 2. The van der Waals surface area contributed by atoms with Crippen LogP contribution in [0.2, 0.25) is 0 Å². The molecule has 3 rings (SSSR count). The molecule has 0 saturated carbocycles. The Morgan fingerprint density at radius 3 is 2.31 bits per heavy atom. The second-order valence-electron chi connectivity index (χ2n) is 5.86. The number of ketones is 1. The van der Waals surface area contributed by atoms with Crippen LogP contribution in [-0.4, -0.2) is 22.3 Å². The molecule has 0 unspecified atom stereocenters. The predicted octanol–water partition coefficient (Wildman–Crippen LogP) is 4.75. The van der Waals surface area contributed by atoms with Crippen molar-refractivity contribution in [1.82, 2.24) is 10.1 Å². The lowest BCUT2D eigenvalue weighted by molar-refractivity contribution is -0.274. The van der Waals surface area contributed by atoms with Crippen molar-refractivity contribution in [2.45, 2.75) is 19.9 Å². The van der Waals surface area contributed by atoms with Gasteiger partial charge in [-0.2, -0.15) is 4.98 Å². The van der Waals surface area contributed by atoms with Gasteiger partial charge in [-0.25, -0.2) is 0 Å². The first-order valence-electron chi connectivity index (χ1n) is 8.39. The maximum absolute atomic E-state index is 12.2. The van der Waals surface area contributed by atoms with Gasteiger partial charge < -0.3 is 14.0 Å². The van der Waals surface area contributed by atoms with E-state index in [1.54, 1.807) is 37.3 Å². The molecule has 0 aliphatic carbocycles. The molecular weight excluding hydrogens is 389 g/mol. The summed E-state index contributed by atoms with van der Waals surface area (Å²) >= 11 is 0. The summed E-state index contributed by atoms with van der Waals surface area (Å²) in [7, 11) is 0. The van der Waals surface area contributed by atoms with Crippen molar-refractivity contribution in [1.29, 1.82) is 0 Å². The van der Waals surface area contributed by atoms with Crippen LogP contribution in [0.5, 0.6) is 11.5 Å². The standard InChI is InChI=1S/C20H15F3N2O4/c1-13-24-19(25-29-13)12-27-16-7-2-14(3-8-16)4-11-18(26)15-5-9-17(10-6-15)28-20(21,22)23/h2-11H,12H2,1H3/b11-4+. The highest BCUT2D eigenvalue weighted by atomic mass is 19.4. The molecule has 0 radical (unpaired) electrons. The molecule has 150 valence electrons. The molecule has 1 aromatic heterocycles. The number of aryl methyl sites for hydroxylation is 1. The second-order valence-corrected chi connectivity index (χ2v) is 5.86. The second kappa shape index (κ2) is 8.59. The van der Waals surface area contributed by atoms with Crippen LogP contribution >= 0.6 is 0 Å². The van der Waals surface area contributed by atoms with E-state index >= 15 is 0 Å². The summed E-state index contributed by atoms with van der Waals surface area (Å²) in [4.78, 5) is 16.2. The van der Waals surface area contributed by atoms with Crippen LogP contribution in [0.25, 0.3) is 6.08 Å². The zero-order chi connectivity index (χ0) is 20.9. The first-order chi connectivity index (χ1) is 13.8. The van der Waals surface area contributed by atoms with Crippen molar-refractivity contribution in [2.75, 3.05) is 0 Å². The topological polar surface area (TPSA) is 74.5 Å². The van der Waals surface area contributed by atoms with Gasteiger partial charge in [0.2, 0.25) is 11.7 Å². The Hall–Kier alpha value is -3.62. The molecular formula is C20H15F3N2O4. The lowest BCUT2D eigenvalue weighted by Gasteiger charge is -2.08. The summed E-state index contributed by atoms with van der Waals surface area (Å²) in [5, 5.41) is 3.73. The molecule has 0 bridgehead atoms. The normalized spacial score (nSPS) is 11.6. The monoisotopic (exact) mass is 404 g/mol. The molecule has 0 saturated heterocycles. The minimum atomic E-state index is -4.77. The molecule has 1 heterocycles. The number of hydrogen-bond acceptors (Lipinski definition) is 6. The third-order valence-electron chi connectivity index (χ3n) is 3.62. The number of hydrogen-bond donors (Lipinski definition) is 0. The van der Waals surface area contributed by atoms with E-state index < -0.39 is 6.36 Å². The Bertz CT molecular complexity index is 994. The van der Waals surface area contributed by atoms with E-state index in [0.29, 0.717) is 17.5 Å². The van der Waals surface area contributed by atoms with Crippen LogP contribution in [0, 0.1) is 6.92 Å². The van der Waals surface area contributed by atoms with Gasteiger partial charge >= 0.3 is 6.36 Å². The SMILES string of the molecule is Cc1nc(COc2ccc(/C=C/C(=O)c3ccc(OC(F)(F)F)cc3)cc2)no1. The Morgan fingerprint density at radius 2 is 1.72 bits per heavy atom. The number of nitrogens with zero attached hydrogens (tertiary/aromatic N) is 2. The van der Waals surface area contributed by atoms with Crippen molar-refractivity contribution in [3.63, 3.8) is 0 Å². The summed E-state index contributed by atoms with van der Waals surface area (Å²) in [6, 6.07) is 11.7. The molecule has 0 fully saturated rings. The largest absolute Gasteiger partial charge is 0.573 e. The molecule has 0 amide bonds. The van der Waals surface area contributed by atoms with E-state index in [4.69, 9.17) is 9.26 Å². The predicted molar refractivity (Wildman–Crippen MR) is 96.3 cm³/mol. The molecule has 9 heteroatoms. The fourth-order valence-electron chi connectivity index (χ4n) is 2.31. The van der Waals surface area contributed by atoms with Gasteiger partial charge in [-0.3, -0.25) is 4.79 Å². The minimum absolute atomic E-state index is 0.166. The summed E-state index contributed by atoms with van der Waals surface area (Å²) < 4.78 is 50.6. The van der Waals surface area contributed by atoms with Gasteiger partial charge in [0.25, 0.3) is 0 Å². The van der Waals surface area contributed by atoms with Crippen LogP contribution in [0.15, 0.2) is 59.1 Å². The van der Waals surface area contributed by atoms with Crippen molar-refractivity contribution in [3.8, 4) is 11.5 Å². The average molecular weight is 404 g/mol. The molecule has 0 aliphatic rings. The van der Waals surface area contributed by atoms with Crippen molar-refractivity contribution in [2.24, 2.45) is 0 Å². The minimum Gasteiger partial charge on any atom is -0.485 e. The Kier molecular flexibility index (Phi) is 5.96.